The molecule has 8 heteroatoms. The van der Waals surface area contributed by atoms with Crippen molar-refractivity contribution in [3.63, 3.8) is 0 Å². The lowest BCUT2D eigenvalue weighted by atomic mass is 10.00. The Morgan fingerprint density at radius 3 is 2.73 bits per heavy atom. The number of nitrogens with zero attached hydrogens (tertiary/aromatic N) is 5. The molecule has 1 aromatic carbocycles. The van der Waals surface area contributed by atoms with Crippen LogP contribution < -0.4 is 15.5 Å². The standard InChI is InChI=1S/C25H32FN7/c1-2-32-10-12-33(13-11-32)23-6-5-19(14-20(23)26)21-15-22-24(29-9-8-28-22)25(31-21)30-17-18-4-3-7-27-16-18/h5-6,8-9,14-15,18,27H,2-4,7,10-13,16-17H2,1H3,(H,30,31)/t18-/m0/s1. The highest BCUT2D eigenvalue weighted by atomic mass is 19.1. The molecule has 1 atom stereocenters. The van der Waals surface area contributed by atoms with Gasteiger partial charge in [0.1, 0.15) is 11.3 Å². The summed E-state index contributed by atoms with van der Waals surface area (Å²) in [5.41, 5.74) is 3.62. The maximum Gasteiger partial charge on any atom is 0.154 e. The highest BCUT2D eigenvalue weighted by molar-refractivity contribution is 5.88. The van der Waals surface area contributed by atoms with Crippen LogP contribution in [0.15, 0.2) is 36.7 Å². The van der Waals surface area contributed by atoms with Gasteiger partial charge in [0.2, 0.25) is 0 Å². The molecule has 3 aromatic rings. The number of fused-ring (bicyclic) bond motifs is 1. The van der Waals surface area contributed by atoms with E-state index >= 15 is 4.39 Å². The molecule has 2 aliphatic heterocycles. The van der Waals surface area contributed by atoms with Gasteiger partial charge in [0.15, 0.2) is 5.82 Å². The third kappa shape index (κ3) is 4.91. The van der Waals surface area contributed by atoms with Crippen LogP contribution in [0.25, 0.3) is 22.3 Å². The van der Waals surface area contributed by atoms with Gasteiger partial charge >= 0.3 is 0 Å². The highest BCUT2D eigenvalue weighted by Gasteiger charge is 2.20. The van der Waals surface area contributed by atoms with Gasteiger partial charge < -0.3 is 20.4 Å². The average Bonchev–Trinajstić information content (AvgIpc) is 2.88. The van der Waals surface area contributed by atoms with Crippen molar-refractivity contribution in [2.24, 2.45) is 5.92 Å². The van der Waals surface area contributed by atoms with E-state index in [9.17, 15) is 0 Å². The van der Waals surface area contributed by atoms with Gasteiger partial charge in [-0.25, -0.2) is 14.4 Å². The summed E-state index contributed by atoms with van der Waals surface area (Å²) in [4.78, 5) is 18.4. The Kier molecular flexibility index (Phi) is 6.64. The monoisotopic (exact) mass is 449 g/mol. The van der Waals surface area contributed by atoms with E-state index in [0.29, 0.717) is 23.1 Å². The van der Waals surface area contributed by atoms with Crippen LogP contribution in [0.5, 0.6) is 0 Å². The van der Waals surface area contributed by atoms with Crippen molar-refractivity contribution >= 4 is 22.5 Å². The van der Waals surface area contributed by atoms with E-state index in [4.69, 9.17) is 4.98 Å². The van der Waals surface area contributed by atoms with Crippen molar-refractivity contribution in [1.29, 1.82) is 0 Å². The van der Waals surface area contributed by atoms with Gasteiger partial charge in [-0.15, -0.1) is 0 Å². The molecule has 4 heterocycles. The molecule has 2 saturated heterocycles. The van der Waals surface area contributed by atoms with E-state index < -0.39 is 0 Å². The molecule has 2 aliphatic rings. The summed E-state index contributed by atoms with van der Waals surface area (Å²) < 4.78 is 15.2. The number of halogens is 1. The van der Waals surface area contributed by atoms with E-state index in [1.54, 1.807) is 18.5 Å². The molecule has 7 nitrogen and oxygen atoms in total. The first-order chi connectivity index (χ1) is 16.2. The van der Waals surface area contributed by atoms with Crippen molar-refractivity contribution in [1.82, 2.24) is 25.2 Å². The lowest BCUT2D eigenvalue weighted by Crippen LogP contribution is -2.46. The predicted octanol–water partition coefficient (Wildman–Crippen LogP) is 3.38. The molecular weight excluding hydrogens is 417 g/mol. The molecule has 0 bridgehead atoms. The fraction of sp³-hybridized carbons (Fsp3) is 0.480. The molecule has 5 rings (SSSR count). The lowest BCUT2D eigenvalue weighted by molar-refractivity contribution is 0.270. The zero-order valence-corrected chi connectivity index (χ0v) is 19.2. The molecule has 2 fully saturated rings. The van der Waals surface area contributed by atoms with Crippen molar-refractivity contribution in [3.05, 3.63) is 42.5 Å². The number of likely N-dealkylation sites (N-methyl/N-ethyl adjacent to an activating group) is 1. The molecular formula is C25H32FN7. The average molecular weight is 450 g/mol. The fourth-order valence-corrected chi connectivity index (χ4v) is 4.81. The Bertz CT molecular complexity index is 1090. The van der Waals surface area contributed by atoms with Crippen molar-refractivity contribution in [3.8, 4) is 11.3 Å². The van der Waals surface area contributed by atoms with E-state index in [-0.39, 0.29) is 5.82 Å². The van der Waals surface area contributed by atoms with Crippen molar-refractivity contribution in [2.75, 3.05) is 62.6 Å². The number of hydrogen-bond donors (Lipinski definition) is 2. The second kappa shape index (κ2) is 9.97. The zero-order chi connectivity index (χ0) is 22.6. The van der Waals surface area contributed by atoms with Gasteiger partial charge in [0.25, 0.3) is 0 Å². The SMILES string of the molecule is CCN1CCN(c2ccc(-c3cc4nccnc4c(NC[C@H]4CCCNC4)n3)cc2F)CC1. The predicted molar refractivity (Wildman–Crippen MR) is 131 cm³/mol. The van der Waals surface area contributed by atoms with Gasteiger partial charge in [0.05, 0.1) is 16.9 Å². The smallest absolute Gasteiger partial charge is 0.154 e. The molecule has 0 saturated carbocycles. The Balaban J connectivity index is 1.40. The van der Waals surface area contributed by atoms with Crippen LogP contribution in [0.1, 0.15) is 19.8 Å². The fourth-order valence-electron chi connectivity index (χ4n) is 4.81. The minimum absolute atomic E-state index is 0.207. The third-order valence-corrected chi connectivity index (χ3v) is 6.82. The van der Waals surface area contributed by atoms with E-state index in [1.807, 2.05) is 18.2 Å². The number of rotatable bonds is 6. The molecule has 33 heavy (non-hydrogen) atoms. The summed E-state index contributed by atoms with van der Waals surface area (Å²) >= 11 is 0. The molecule has 2 aromatic heterocycles. The number of piperidine rings is 1. The van der Waals surface area contributed by atoms with E-state index in [2.05, 4.69) is 37.3 Å². The number of pyridine rings is 1. The molecule has 2 N–H and O–H groups in total. The van der Waals surface area contributed by atoms with Crippen LogP contribution in [0, 0.1) is 11.7 Å². The number of aromatic nitrogens is 3. The first-order valence-corrected chi connectivity index (χ1v) is 12.0. The van der Waals surface area contributed by atoms with Crippen LogP contribution in [-0.4, -0.2) is 72.2 Å². The van der Waals surface area contributed by atoms with Gasteiger partial charge in [-0.05, 0) is 56.6 Å². The van der Waals surface area contributed by atoms with E-state index in [1.165, 1.54) is 12.8 Å². The summed E-state index contributed by atoms with van der Waals surface area (Å²) in [6.07, 6.45) is 5.76. The van der Waals surface area contributed by atoms with Crippen molar-refractivity contribution < 1.29 is 4.39 Å². The number of nitrogens with one attached hydrogen (secondary N) is 2. The van der Waals surface area contributed by atoms with Crippen LogP contribution >= 0.6 is 0 Å². The van der Waals surface area contributed by atoms with Crippen molar-refractivity contribution in [2.45, 2.75) is 19.8 Å². The Hall–Kier alpha value is -2.84. The molecule has 0 radical (unpaired) electrons. The Morgan fingerprint density at radius 2 is 1.97 bits per heavy atom. The normalized spacial score (nSPS) is 19.7. The quantitative estimate of drug-likeness (QED) is 0.598. The highest BCUT2D eigenvalue weighted by Crippen LogP contribution is 2.30. The summed E-state index contributed by atoms with van der Waals surface area (Å²) in [7, 11) is 0. The number of piperazine rings is 1. The van der Waals surface area contributed by atoms with Crippen LogP contribution in [0.2, 0.25) is 0 Å². The number of benzene rings is 1. The van der Waals surface area contributed by atoms with Crippen LogP contribution in [0.4, 0.5) is 15.9 Å². The molecule has 0 amide bonds. The zero-order valence-electron chi connectivity index (χ0n) is 19.2. The summed E-state index contributed by atoms with van der Waals surface area (Å²) in [6, 6.07) is 7.34. The second-order valence-corrected chi connectivity index (χ2v) is 8.96. The summed E-state index contributed by atoms with van der Waals surface area (Å²) in [5, 5.41) is 6.95. The van der Waals surface area contributed by atoms with Crippen LogP contribution in [0.3, 0.4) is 0 Å². The van der Waals surface area contributed by atoms with Gasteiger partial charge in [0, 0.05) is 50.7 Å². The number of hydrogen-bond acceptors (Lipinski definition) is 7. The Morgan fingerprint density at radius 1 is 1.12 bits per heavy atom. The van der Waals surface area contributed by atoms with Crippen LogP contribution in [-0.2, 0) is 0 Å². The second-order valence-electron chi connectivity index (χ2n) is 8.96. The lowest BCUT2D eigenvalue weighted by Gasteiger charge is -2.35. The summed E-state index contributed by atoms with van der Waals surface area (Å²) in [6.45, 7) is 9.76. The van der Waals surface area contributed by atoms with Gasteiger partial charge in [-0.2, -0.15) is 0 Å². The maximum atomic E-state index is 15.2. The van der Waals surface area contributed by atoms with Gasteiger partial charge in [-0.3, -0.25) is 4.98 Å². The minimum atomic E-state index is -0.207. The number of anilines is 2. The molecule has 0 spiro atoms. The molecule has 0 aliphatic carbocycles. The third-order valence-electron chi connectivity index (χ3n) is 6.82. The topological polar surface area (TPSA) is 69.2 Å². The maximum absolute atomic E-state index is 15.2. The van der Waals surface area contributed by atoms with E-state index in [0.717, 1.165) is 69.0 Å². The first kappa shape index (κ1) is 22.0. The molecule has 0 unspecified atom stereocenters. The Labute approximate surface area is 194 Å². The first-order valence-electron chi connectivity index (χ1n) is 12.0. The minimum Gasteiger partial charge on any atom is -0.368 e. The van der Waals surface area contributed by atoms with Gasteiger partial charge in [-0.1, -0.05) is 13.0 Å². The summed E-state index contributed by atoms with van der Waals surface area (Å²) in [5.74, 6) is 1.06. The molecule has 174 valence electrons. The largest absolute Gasteiger partial charge is 0.368 e.